The first kappa shape index (κ1) is 17.4. The van der Waals surface area contributed by atoms with Crippen LogP contribution in [0.5, 0.6) is 0 Å². The molecule has 27 heavy (non-hydrogen) atoms. The number of primary amides is 1. The molecule has 0 radical (unpaired) electrons. The van der Waals surface area contributed by atoms with E-state index in [4.69, 9.17) is 10.2 Å². The molecule has 2 aromatic heterocycles. The molecule has 0 spiro atoms. The number of furan rings is 1. The van der Waals surface area contributed by atoms with Gasteiger partial charge in [-0.2, -0.15) is 0 Å². The topological polar surface area (TPSA) is 81.5 Å². The summed E-state index contributed by atoms with van der Waals surface area (Å²) in [5.41, 5.74) is 9.04. The number of nitrogens with zero attached hydrogens (tertiary/aromatic N) is 2. The quantitative estimate of drug-likeness (QED) is 0.772. The summed E-state index contributed by atoms with van der Waals surface area (Å²) in [7, 11) is 0. The van der Waals surface area contributed by atoms with Crippen molar-refractivity contribution in [3.05, 3.63) is 59.5 Å². The van der Waals surface area contributed by atoms with Crippen LogP contribution in [-0.2, 0) is 11.3 Å². The van der Waals surface area contributed by atoms with E-state index >= 15 is 0 Å². The highest BCUT2D eigenvalue weighted by molar-refractivity contribution is 5.98. The summed E-state index contributed by atoms with van der Waals surface area (Å²) in [6, 6.07) is 11.9. The number of rotatable bonds is 4. The van der Waals surface area contributed by atoms with Crippen LogP contribution in [0.4, 0.5) is 0 Å². The zero-order valence-corrected chi connectivity index (χ0v) is 15.4. The maximum atomic E-state index is 13.2. The molecule has 3 aromatic rings. The monoisotopic (exact) mass is 365 g/mol. The number of fused-ring (bicyclic) bond motifs is 1. The second kappa shape index (κ2) is 6.95. The summed E-state index contributed by atoms with van der Waals surface area (Å²) in [6.07, 6.45) is 2.89. The van der Waals surface area contributed by atoms with Gasteiger partial charge in [0.1, 0.15) is 5.69 Å². The minimum Gasteiger partial charge on any atom is -0.448 e. The van der Waals surface area contributed by atoms with Crippen molar-refractivity contribution in [3.8, 4) is 0 Å². The number of amides is 2. The van der Waals surface area contributed by atoms with E-state index < -0.39 is 0 Å². The Bertz CT molecular complexity index is 993. The van der Waals surface area contributed by atoms with Gasteiger partial charge in [-0.1, -0.05) is 24.3 Å². The molecule has 0 atom stereocenters. The Morgan fingerprint density at radius 1 is 1.19 bits per heavy atom. The Morgan fingerprint density at radius 3 is 2.63 bits per heavy atom. The lowest BCUT2D eigenvalue weighted by molar-refractivity contribution is -0.123. The average molecular weight is 365 g/mol. The molecule has 0 saturated carbocycles. The molecule has 3 heterocycles. The minimum atomic E-state index is -0.275. The highest BCUT2D eigenvalue weighted by Gasteiger charge is 2.29. The van der Waals surface area contributed by atoms with Crippen molar-refractivity contribution in [2.24, 2.45) is 11.7 Å². The molecule has 2 amide bonds. The maximum Gasteiger partial charge on any atom is 0.270 e. The average Bonchev–Trinajstić information content (AvgIpc) is 3.25. The Labute approximate surface area is 157 Å². The number of benzene rings is 1. The van der Waals surface area contributed by atoms with Gasteiger partial charge in [0.15, 0.2) is 0 Å². The van der Waals surface area contributed by atoms with E-state index in [0.29, 0.717) is 43.9 Å². The van der Waals surface area contributed by atoms with Gasteiger partial charge in [-0.25, -0.2) is 0 Å². The van der Waals surface area contributed by atoms with E-state index in [1.54, 1.807) is 6.26 Å². The fourth-order valence-corrected chi connectivity index (χ4v) is 3.80. The summed E-state index contributed by atoms with van der Waals surface area (Å²) < 4.78 is 7.60. The zero-order chi connectivity index (χ0) is 19.0. The highest BCUT2D eigenvalue weighted by Crippen LogP contribution is 2.26. The summed E-state index contributed by atoms with van der Waals surface area (Å²) in [5.74, 6) is -0.440. The first-order valence-corrected chi connectivity index (χ1v) is 9.24. The fourth-order valence-electron chi connectivity index (χ4n) is 3.80. The zero-order valence-electron chi connectivity index (χ0n) is 15.4. The fraction of sp³-hybridized carbons (Fsp3) is 0.333. The lowest BCUT2D eigenvalue weighted by Crippen LogP contribution is -2.42. The van der Waals surface area contributed by atoms with Crippen molar-refractivity contribution >= 4 is 22.9 Å². The molecule has 1 aliphatic heterocycles. The van der Waals surface area contributed by atoms with E-state index in [1.807, 2.05) is 33.7 Å². The van der Waals surface area contributed by atoms with E-state index in [-0.39, 0.29) is 17.7 Å². The second-order valence-electron chi connectivity index (χ2n) is 7.19. The lowest BCUT2D eigenvalue weighted by atomic mass is 9.96. The molecule has 2 N–H and O–H groups in total. The van der Waals surface area contributed by atoms with Crippen LogP contribution in [-0.4, -0.2) is 34.4 Å². The van der Waals surface area contributed by atoms with E-state index in [2.05, 4.69) is 19.1 Å². The van der Waals surface area contributed by atoms with Gasteiger partial charge in [0.05, 0.1) is 12.8 Å². The van der Waals surface area contributed by atoms with Crippen LogP contribution < -0.4 is 5.73 Å². The predicted octanol–water partition coefficient (Wildman–Crippen LogP) is 2.93. The summed E-state index contributed by atoms with van der Waals surface area (Å²) in [4.78, 5) is 26.4. The predicted molar refractivity (Wildman–Crippen MR) is 102 cm³/mol. The van der Waals surface area contributed by atoms with Gasteiger partial charge >= 0.3 is 0 Å². The van der Waals surface area contributed by atoms with Crippen LogP contribution in [0.2, 0.25) is 0 Å². The molecule has 1 saturated heterocycles. The number of nitrogens with two attached hydrogens (primary N) is 1. The number of hydrogen-bond acceptors (Lipinski definition) is 3. The van der Waals surface area contributed by atoms with Crippen molar-refractivity contribution in [1.29, 1.82) is 0 Å². The summed E-state index contributed by atoms with van der Waals surface area (Å²) >= 11 is 0. The first-order chi connectivity index (χ1) is 13.0. The first-order valence-electron chi connectivity index (χ1n) is 9.24. The van der Waals surface area contributed by atoms with Crippen molar-refractivity contribution < 1.29 is 14.0 Å². The summed E-state index contributed by atoms with van der Waals surface area (Å²) in [5, 5.41) is 0.916. The molecule has 140 valence electrons. The van der Waals surface area contributed by atoms with Crippen molar-refractivity contribution in [2.45, 2.75) is 26.3 Å². The van der Waals surface area contributed by atoms with Crippen LogP contribution >= 0.6 is 0 Å². The lowest BCUT2D eigenvalue weighted by Gasteiger charge is -2.30. The Kier molecular flexibility index (Phi) is 4.48. The maximum absolute atomic E-state index is 13.2. The number of piperidine rings is 1. The van der Waals surface area contributed by atoms with Crippen LogP contribution in [0.1, 0.15) is 34.5 Å². The molecular weight excluding hydrogens is 342 g/mol. The number of hydrogen-bond donors (Lipinski definition) is 1. The van der Waals surface area contributed by atoms with Gasteiger partial charge in [0.25, 0.3) is 5.91 Å². The third-order valence-electron chi connectivity index (χ3n) is 5.50. The van der Waals surface area contributed by atoms with Crippen LogP contribution in [0.3, 0.4) is 0 Å². The molecule has 0 aliphatic carbocycles. The van der Waals surface area contributed by atoms with Gasteiger partial charge in [0.2, 0.25) is 11.6 Å². The Hall–Kier alpha value is -3.02. The highest BCUT2D eigenvalue weighted by atomic mass is 16.3. The van der Waals surface area contributed by atoms with Gasteiger partial charge in [0, 0.05) is 24.4 Å². The molecule has 0 unspecified atom stereocenters. The third-order valence-corrected chi connectivity index (χ3v) is 5.50. The molecule has 1 aromatic carbocycles. The van der Waals surface area contributed by atoms with E-state index in [1.165, 1.54) is 5.56 Å². The molecule has 6 nitrogen and oxygen atoms in total. The van der Waals surface area contributed by atoms with Crippen LogP contribution in [0.15, 0.2) is 47.1 Å². The summed E-state index contributed by atoms with van der Waals surface area (Å²) in [6.45, 7) is 3.73. The number of aryl methyl sites for hydroxylation is 1. The number of carbonyl (C=O) groups is 2. The molecule has 6 heteroatoms. The number of likely N-dealkylation sites (tertiary alicyclic amines) is 1. The Balaban J connectivity index is 1.64. The smallest absolute Gasteiger partial charge is 0.270 e. The number of carbonyl (C=O) groups excluding carboxylic acids is 2. The largest absolute Gasteiger partial charge is 0.448 e. The van der Waals surface area contributed by atoms with E-state index in [0.717, 1.165) is 10.9 Å². The molecule has 0 bridgehead atoms. The molecule has 4 rings (SSSR count). The van der Waals surface area contributed by atoms with Crippen LogP contribution in [0, 0.1) is 12.8 Å². The third kappa shape index (κ3) is 3.23. The molecule has 1 aliphatic rings. The van der Waals surface area contributed by atoms with Crippen molar-refractivity contribution in [3.63, 3.8) is 0 Å². The second-order valence-corrected chi connectivity index (χ2v) is 7.19. The molecule has 1 fully saturated rings. The number of aromatic nitrogens is 1. The van der Waals surface area contributed by atoms with Gasteiger partial charge in [-0.15, -0.1) is 0 Å². The van der Waals surface area contributed by atoms with Gasteiger partial charge in [-0.05, 0) is 43.0 Å². The standard InChI is InChI=1S/C21H23N3O3/c1-14-4-2-3-5-17(14)13-24-18(12-16-8-11-27-21(16)24)20(26)23-9-6-15(7-10-23)19(22)25/h2-5,8,11-12,15H,6-7,9-10,13H2,1H3,(H2,22,25). The minimum absolute atomic E-state index is 0.0297. The van der Waals surface area contributed by atoms with Crippen molar-refractivity contribution in [1.82, 2.24) is 9.47 Å². The SMILES string of the molecule is Cc1ccccc1Cn1c(C(=O)N2CCC(C(N)=O)CC2)cc2ccoc21. The molecular formula is C21H23N3O3. The normalized spacial score (nSPS) is 15.4. The van der Waals surface area contributed by atoms with Gasteiger partial charge < -0.3 is 19.6 Å². The Morgan fingerprint density at radius 2 is 1.93 bits per heavy atom. The van der Waals surface area contributed by atoms with Crippen molar-refractivity contribution in [2.75, 3.05) is 13.1 Å². The van der Waals surface area contributed by atoms with E-state index in [9.17, 15) is 9.59 Å². The van der Waals surface area contributed by atoms with Crippen LogP contribution in [0.25, 0.3) is 11.1 Å². The van der Waals surface area contributed by atoms with Gasteiger partial charge in [-0.3, -0.25) is 9.59 Å².